The first-order chi connectivity index (χ1) is 18.4. The monoisotopic (exact) mass is 590 g/mol. The highest BCUT2D eigenvalue weighted by Gasteiger charge is 2.64. The molecule has 0 saturated carbocycles. The van der Waals surface area contributed by atoms with Gasteiger partial charge in [0, 0.05) is 17.9 Å². The van der Waals surface area contributed by atoms with Crippen molar-refractivity contribution in [3.05, 3.63) is 41.0 Å². The van der Waals surface area contributed by atoms with Crippen molar-refractivity contribution >= 4 is 27.9 Å². The molecule has 10 heteroatoms. The molecule has 2 heterocycles. The maximum atomic E-state index is 13.5. The van der Waals surface area contributed by atoms with E-state index in [0.29, 0.717) is 35.2 Å². The SMILES string of the molecule is CCCCCC(=O)O[C@H]1c2cc3c(cc2[C@@H](c2cc(OC)c(OC)c(OC)c2)[C@]2(Br)C(=O)OC[C@H]12)OCO3. The predicted octanol–water partition coefficient (Wildman–Crippen LogP) is 5.06. The van der Waals surface area contributed by atoms with Gasteiger partial charge in [0.2, 0.25) is 12.5 Å². The van der Waals surface area contributed by atoms with E-state index >= 15 is 0 Å². The lowest BCUT2D eigenvalue weighted by atomic mass is 9.66. The number of ether oxygens (including phenoxy) is 7. The number of hydrogen-bond donors (Lipinski definition) is 0. The Morgan fingerprint density at radius 3 is 2.24 bits per heavy atom. The molecule has 0 spiro atoms. The first-order valence-electron chi connectivity index (χ1n) is 12.7. The molecule has 2 aromatic carbocycles. The van der Waals surface area contributed by atoms with Gasteiger partial charge in [-0.05, 0) is 41.8 Å². The van der Waals surface area contributed by atoms with Gasteiger partial charge in [-0.2, -0.15) is 0 Å². The van der Waals surface area contributed by atoms with Crippen LogP contribution in [-0.4, -0.2) is 51.0 Å². The molecule has 0 amide bonds. The first kappa shape index (κ1) is 26.5. The van der Waals surface area contributed by atoms with Gasteiger partial charge in [-0.15, -0.1) is 0 Å². The van der Waals surface area contributed by atoms with Crippen molar-refractivity contribution in [2.45, 2.75) is 49.0 Å². The number of carbonyl (C=O) groups is 2. The van der Waals surface area contributed by atoms with Gasteiger partial charge in [-0.1, -0.05) is 35.7 Å². The van der Waals surface area contributed by atoms with Crippen LogP contribution in [0.15, 0.2) is 24.3 Å². The van der Waals surface area contributed by atoms with Gasteiger partial charge in [0.05, 0.1) is 27.2 Å². The smallest absolute Gasteiger partial charge is 0.324 e. The van der Waals surface area contributed by atoms with Gasteiger partial charge in [0.25, 0.3) is 0 Å². The van der Waals surface area contributed by atoms with E-state index < -0.39 is 28.2 Å². The van der Waals surface area contributed by atoms with Crippen molar-refractivity contribution in [2.75, 3.05) is 34.7 Å². The van der Waals surface area contributed by atoms with Crippen LogP contribution in [0, 0.1) is 5.92 Å². The van der Waals surface area contributed by atoms with Crippen LogP contribution >= 0.6 is 15.9 Å². The molecule has 3 aliphatic rings. The Hall–Kier alpha value is -3.14. The minimum atomic E-state index is -1.23. The number of benzene rings is 2. The van der Waals surface area contributed by atoms with Crippen LogP contribution in [0.25, 0.3) is 0 Å². The van der Waals surface area contributed by atoms with E-state index in [4.69, 9.17) is 33.2 Å². The van der Waals surface area contributed by atoms with E-state index in [1.54, 1.807) is 14.2 Å². The molecular weight excluding hydrogens is 560 g/mol. The zero-order valence-electron chi connectivity index (χ0n) is 21.8. The number of halogens is 1. The van der Waals surface area contributed by atoms with E-state index in [0.717, 1.165) is 36.0 Å². The second-order valence-electron chi connectivity index (χ2n) is 9.57. The highest BCUT2D eigenvalue weighted by molar-refractivity contribution is 9.10. The standard InChI is InChI=1S/C28H31BrO9/c1-5-6-7-8-23(30)38-25-17-12-20-19(36-14-37-20)11-16(17)24(28(29)18(25)13-35-27(28)31)15-9-21(32-2)26(34-4)22(10-15)33-3/h9-12,18,24-25H,5-8,13-14H2,1-4H3/t18-,24-,25+,28+/m1/s1. The third kappa shape index (κ3) is 4.22. The van der Waals surface area contributed by atoms with Gasteiger partial charge < -0.3 is 33.2 Å². The molecule has 1 aliphatic carbocycles. The van der Waals surface area contributed by atoms with Crippen LogP contribution < -0.4 is 23.7 Å². The van der Waals surface area contributed by atoms with E-state index in [-0.39, 0.29) is 19.4 Å². The Morgan fingerprint density at radius 1 is 0.974 bits per heavy atom. The molecule has 38 heavy (non-hydrogen) atoms. The number of cyclic esters (lactones) is 1. The van der Waals surface area contributed by atoms with Crippen molar-refractivity contribution in [2.24, 2.45) is 5.92 Å². The molecule has 0 radical (unpaired) electrons. The number of rotatable bonds is 9. The van der Waals surface area contributed by atoms with E-state index in [1.165, 1.54) is 7.11 Å². The second kappa shape index (κ2) is 10.6. The Kier molecular flexibility index (Phi) is 7.35. The molecule has 0 bridgehead atoms. The second-order valence-corrected chi connectivity index (χ2v) is 10.9. The summed E-state index contributed by atoms with van der Waals surface area (Å²) in [5.74, 6) is 0.651. The van der Waals surface area contributed by atoms with Crippen LogP contribution in [0.5, 0.6) is 28.7 Å². The van der Waals surface area contributed by atoms with Crippen LogP contribution in [0.2, 0.25) is 0 Å². The predicted molar refractivity (Wildman–Crippen MR) is 140 cm³/mol. The molecule has 9 nitrogen and oxygen atoms in total. The summed E-state index contributed by atoms with van der Waals surface area (Å²) in [5.41, 5.74) is 2.23. The normalized spacial score (nSPS) is 24.8. The van der Waals surface area contributed by atoms with Gasteiger partial charge >= 0.3 is 11.9 Å². The van der Waals surface area contributed by atoms with Crippen LogP contribution in [-0.2, 0) is 19.1 Å². The van der Waals surface area contributed by atoms with Gasteiger partial charge in [-0.25, -0.2) is 0 Å². The average molecular weight is 591 g/mol. The maximum Gasteiger partial charge on any atom is 0.324 e. The summed E-state index contributed by atoms with van der Waals surface area (Å²) in [6.07, 6.45) is 2.25. The highest BCUT2D eigenvalue weighted by atomic mass is 79.9. The average Bonchev–Trinajstić information content (AvgIpc) is 3.50. The molecule has 5 rings (SSSR count). The molecule has 204 valence electrons. The first-order valence-corrected chi connectivity index (χ1v) is 13.5. The number of carbonyl (C=O) groups excluding carboxylic acids is 2. The summed E-state index contributed by atoms with van der Waals surface area (Å²) in [6, 6.07) is 7.35. The zero-order valence-corrected chi connectivity index (χ0v) is 23.4. The fourth-order valence-corrected chi connectivity index (χ4v) is 6.65. The number of alkyl halides is 1. The minimum absolute atomic E-state index is 0.0828. The summed E-state index contributed by atoms with van der Waals surface area (Å²) >= 11 is 3.81. The third-order valence-electron chi connectivity index (χ3n) is 7.49. The quantitative estimate of drug-likeness (QED) is 0.225. The molecule has 0 unspecified atom stereocenters. The molecule has 1 fully saturated rings. The molecule has 0 aromatic heterocycles. The Labute approximate surface area is 229 Å². The Balaban J connectivity index is 1.69. The van der Waals surface area contributed by atoms with Crippen LogP contribution in [0.4, 0.5) is 0 Å². The summed E-state index contributed by atoms with van der Waals surface area (Å²) in [7, 11) is 4.61. The zero-order chi connectivity index (χ0) is 27.0. The lowest BCUT2D eigenvalue weighted by molar-refractivity contribution is -0.154. The lowest BCUT2D eigenvalue weighted by Crippen LogP contribution is -2.48. The largest absolute Gasteiger partial charge is 0.493 e. The van der Waals surface area contributed by atoms with Crippen molar-refractivity contribution in [1.82, 2.24) is 0 Å². The fraction of sp³-hybridized carbons (Fsp3) is 0.500. The minimum Gasteiger partial charge on any atom is -0.493 e. The number of esters is 2. The molecule has 0 N–H and O–H groups in total. The molecule has 2 aliphatic heterocycles. The maximum absolute atomic E-state index is 13.5. The Morgan fingerprint density at radius 2 is 1.63 bits per heavy atom. The molecule has 2 aromatic rings. The van der Waals surface area contributed by atoms with Gasteiger partial charge in [-0.3, -0.25) is 9.59 Å². The van der Waals surface area contributed by atoms with Crippen LogP contribution in [0.1, 0.15) is 61.3 Å². The van der Waals surface area contributed by atoms with Gasteiger partial charge in [0.1, 0.15) is 17.0 Å². The third-order valence-corrected chi connectivity index (χ3v) is 8.86. The fourth-order valence-electron chi connectivity index (χ4n) is 5.66. The number of unbranched alkanes of at least 4 members (excludes halogenated alkanes) is 2. The summed E-state index contributed by atoms with van der Waals surface area (Å²) in [4.78, 5) is 26.4. The Bertz CT molecular complexity index is 1220. The van der Waals surface area contributed by atoms with E-state index in [9.17, 15) is 9.59 Å². The van der Waals surface area contributed by atoms with E-state index in [1.807, 2.05) is 24.3 Å². The van der Waals surface area contributed by atoms with E-state index in [2.05, 4.69) is 22.9 Å². The van der Waals surface area contributed by atoms with Crippen molar-refractivity contribution in [3.63, 3.8) is 0 Å². The van der Waals surface area contributed by atoms with Gasteiger partial charge in [0.15, 0.2) is 23.0 Å². The number of methoxy groups -OCH3 is 3. The van der Waals surface area contributed by atoms with Crippen molar-refractivity contribution in [3.8, 4) is 28.7 Å². The lowest BCUT2D eigenvalue weighted by Gasteiger charge is -2.43. The summed E-state index contributed by atoms with van der Waals surface area (Å²) in [5, 5.41) is 0. The molecular formula is C28H31BrO9. The topological polar surface area (TPSA) is 98.8 Å². The highest BCUT2D eigenvalue weighted by Crippen LogP contribution is 2.61. The van der Waals surface area contributed by atoms with Crippen molar-refractivity contribution < 1.29 is 42.7 Å². The van der Waals surface area contributed by atoms with Crippen LogP contribution in [0.3, 0.4) is 0 Å². The summed E-state index contributed by atoms with van der Waals surface area (Å²) in [6.45, 7) is 2.25. The number of fused-ring (bicyclic) bond motifs is 3. The molecule has 1 saturated heterocycles. The number of hydrogen-bond acceptors (Lipinski definition) is 9. The molecule has 4 atom stereocenters. The summed E-state index contributed by atoms with van der Waals surface area (Å²) < 4.78 is 38.6. The van der Waals surface area contributed by atoms with Crippen molar-refractivity contribution in [1.29, 1.82) is 0 Å².